The van der Waals surface area contributed by atoms with Crippen molar-refractivity contribution in [1.29, 1.82) is 0 Å². The van der Waals surface area contributed by atoms with Crippen LogP contribution in [0.3, 0.4) is 0 Å². The van der Waals surface area contributed by atoms with E-state index in [4.69, 9.17) is 23.2 Å². The Kier molecular flexibility index (Phi) is 11.2. The van der Waals surface area contributed by atoms with Gasteiger partial charge < -0.3 is 10.2 Å². The average molecular weight is 546 g/mol. The summed E-state index contributed by atoms with van der Waals surface area (Å²) in [6, 6.07) is 12.7. The van der Waals surface area contributed by atoms with Crippen LogP contribution >= 0.6 is 50.9 Å². The van der Waals surface area contributed by atoms with Gasteiger partial charge >= 0.3 is 0 Å². The molecule has 0 saturated carbocycles. The second kappa shape index (κ2) is 13.4. The van der Waals surface area contributed by atoms with Crippen LogP contribution < -0.4 is 5.32 Å². The third-order valence-electron chi connectivity index (χ3n) is 4.73. The van der Waals surface area contributed by atoms with Gasteiger partial charge in [0.25, 0.3) is 0 Å². The van der Waals surface area contributed by atoms with Crippen LogP contribution in [-0.4, -0.2) is 35.1 Å². The lowest BCUT2D eigenvalue weighted by Crippen LogP contribution is -2.49. The molecule has 8 heteroatoms. The van der Waals surface area contributed by atoms with Crippen molar-refractivity contribution in [2.75, 3.05) is 12.3 Å². The van der Waals surface area contributed by atoms with Crippen LogP contribution in [0.2, 0.25) is 10.0 Å². The van der Waals surface area contributed by atoms with Crippen molar-refractivity contribution >= 4 is 62.7 Å². The third kappa shape index (κ3) is 8.01. The summed E-state index contributed by atoms with van der Waals surface area (Å²) in [6.07, 6.45) is 1.33. The summed E-state index contributed by atoms with van der Waals surface area (Å²) in [5, 5.41) is 3.88. The van der Waals surface area contributed by atoms with Gasteiger partial charge in [0.15, 0.2) is 0 Å². The number of hydrogen-bond acceptors (Lipinski definition) is 3. The lowest BCUT2D eigenvalue weighted by Gasteiger charge is -2.31. The number of hydrogen-bond donors (Lipinski definition) is 1. The molecule has 0 heterocycles. The third-order valence-corrected chi connectivity index (χ3v) is 6.96. The van der Waals surface area contributed by atoms with E-state index in [0.29, 0.717) is 34.3 Å². The van der Waals surface area contributed by atoms with Crippen molar-refractivity contribution in [2.45, 2.75) is 45.0 Å². The lowest BCUT2D eigenvalue weighted by molar-refractivity contribution is -0.139. The molecule has 2 amide bonds. The molecule has 4 nitrogen and oxygen atoms in total. The second-order valence-electron chi connectivity index (χ2n) is 7.06. The predicted molar refractivity (Wildman–Crippen MR) is 135 cm³/mol. The molecular formula is C23H27BrCl2N2O2S. The fourth-order valence-electron chi connectivity index (χ4n) is 3.06. The van der Waals surface area contributed by atoms with E-state index in [-0.39, 0.29) is 24.1 Å². The molecular weight excluding hydrogens is 519 g/mol. The van der Waals surface area contributed by atoms with E-state index in [0.717, 1.165) is 16.5 Å². The van der Waals surface area contributed by atoms with E-state index >= 15 is 0 Å². The smallest absolute Gasteiger partial charge is 0.242 e. The highest BCUT2D eigenvalue weighted by atomic mass is 79.9. The fraction of sp³-hybridized carbons (Fsp3) is 0.391. The van der Waals surface area contributed by atoms with Gasteiger partial charge in [0.1, 0.15) is 6.04 Å². The molecule has 1 atom stereocenters. The minimum absolute atomic E-state index is 0.114. The fourth-order valence-corrected chi connectivity index (χ4v) is 4.71. The molecule has 0 fully saturated rings. The van der Waals surface area contributed by atoms with Gasteiger partial charge in [-0.15, -0.1) is 11.8 Å². The SMILES string of the molecule is CCCNC(=O)[C@@H](CC)N(Cc1c(Cl)cccc1Cl)C(=O)CSCc1ccc(Br)cc1. The summed E-state index contributed by atoms with van der Waals surface area (Å²) in [4.78, 5) is 27.6. The Morgan fingerprint density at radius 2 is 1.74 bits per heavy atom. The van der Waals surface area contributed by atoms with Gasteiger partial charge in [0.2, 0.25) is 11.8 Å². The second-order valence-corrected chi connectivity index (χ2v) is 9.77. The number of rotatable bonds is 11. The molecule has 0 aliphatic carbocycles. The average Bonchev–Trinajstić information content (AvgIpc) is 2.75. The first kappa shape index (κ1) is 26.0. The number of nitrogens with one attached hydrogen (secondary N) is 1. The quantitative estimate of drug-likeness (QED) is 0.359. The van der Waals surface area contributed by atoms with Crippen LogP contribution in [0.15, 0.2) is 46.9 Å². The van der Waals surface area contributed by atoms with Crippen molar-refractivity contribution in [2.24, 2.45) is 0 Å². The maximum Gasteiger partial charge on any atom is 0.242 e. The molecule has 2 aromatic rings. The van der Waals surface area contributed by atoms with Crippen LogP contribution in [0, 0.1) is 0 Å². The molecule has 0 aromatic heterocycles. The van der Waals surface area contributed by atoms with Gasteiger partial charge in [-0.2, -0.15) is 0 Å². The number of nitrogens with zero attached hydrogens (tertiary/aromatic N) is 1. The normalized spacial score (nSPS) is 11.8. The van der Waals surface area contributed by atoms with E-state index in [2.05, 4.69) is 21.2 Å². The number of benzene rings is 2. The van der Waals surface area contributed by atoms with Crippen LogP contribution in [0.4, 0.5) is 0 Å². The minimum atomic E-state index is -0.584. The van der Waals surface area contributed by atoms with Gasteiger partial charge in [-0.1, -0.05) is 71.2 Å². The molecule has 0 unspecified atom stereocenters. The summed E-state index contributed by atoms with van der Waals surface area (Å²) in [5.41, 5.74) is 1.79. The van der Waals surface area contributed by atoms with Gasteiger partial charge in [0.05, 0.1) is 5.75 Å². The zero-order valence-electron chi connectivity index (χ0n) is 17.7. The number of carbonyl (C=O) groups is 2. The monoisotopic (exact) mass is 544 g/mol. The van der Waals surface area contributed by atoms with E-state index < -0.39 is 6.04 Å². The minimum Gasteiger partial charge on any atom is -0.354 e. The first-order chi connectivity index (χ1) is 14.9. The molecule has 0 aliphatic heterocycles. The summed E-state index contributed by atoms with van der Waals surface area (Å²) >= 11 is 17.7. The molecule has 168 valence electrons. The molecule has 2 aromatic carbocycles. The summed E-state index contributed by atoms with van der Waals surface area (Å²) in [6.45, 7) is 4.66. The largest absolute Gasteiger partial charge is 0.354 e. The lowest BCUT2D eigenvalue weighted by atomic mass is 10.1. The van der Waals surface area contributed by atoms with E-state index in [1.54, 1.807) is 23.1 Å². The van der Waals surface area contributed by atoms with Crippen LogP contribution in [0.25, 0.3) is 0 Å². The molecule has 0 spiro atoms. The van der Waals surface area contributed by atoms with Crippen LogP contribution in [0.5, 0.6) is 0 Å². The summed E-state index contributed by atoms with van der Waals surface area (Å²) in [7, 11) is 0. The first-order valence-electron chi connectivity index (χ1n) is 10.2. The maximum atomic E-state index is 13.2. The van der Waals surface area contributed by atoms with Crippen molar-refractivity contribution in [1.82, 2.24) is 10.2 Å². The molecule has 0 saturated heterocycles. The Morgan fingerprint density at radius 3 is 2.32 bits per heavy atom. The molecule has 0 radical (unpaired) electrons. The highest BCUT2D eigenvalue weighted by Crippen LogP contribution is 2.27. The molecule has 2 rings (SSSR count). The van der Waals surface area contributed by atoms with Gasteiger partial charge in [0, 0.05) is 38.9 Å². The van der Waals surface area contributed by atoms with Gasteiger partial charge in [-0.05, 0) is 42.7 Å². The van der Waals surface area contributed by atoms with Crippen molar-refractivity contribution in [3.63, 3.8) is 0 Å². The topological polar surface area (TPSA) is 49.4 Å². The predicted octanol–water partition coefficient (Wildman–Crippen LogP) is 6.32. The Labute approximate surface area is 207 Å². The van der Waals surface area contributed by atoms with Crippen LogP contribution in [0.1, 0.15) is 37.8 Å². The van der Waals surface area contributed by atoms with Gasteiger partial charge in [-0.25, -0.2) is 0 Å². The Hall–Kier alpha value is -1.21. The number of amides is 2. The highest BCUT2D eigenvalue weighted by Gasteiger charge is 2.29. The highest BCUT2D eigenvalue weighted by molar-refractivity contribution is 9.10. The van der Waals surface area contributed by atoms with Crippen molar-refractivity contribution in [3.05, 3.63) is 68.1 Å². The maximum absolute atomic E-state index is 13.2. The zero-order chi connectivity index (χ0) is 22.8. The molecule has 0 bridgehead atoms. The number of carbonyl (C=O) groups excluding carboxylic acids is 2. The van der Waals surface area contributed by atoms with E-state index in [9.17, 15) is 9.59 Å². The molecule has 0 aliphatic rings. The number of halogens is 3. The summed E-state index contributed by atoms with van der Waals surface area (Å²) < 4.78 is 1.02. The first-order valence-corrected chi connectivity index (χ1v) is 12.9. The van der Waals surface area contributed by atoms with E-state index in [1.165, 1.54) is 11.8 Å². The zero-order valence-corrected chi connectivity index (χ0v) is 21.6. The molecule has 31 heavy (non-hydrogen) atoms. The standard InChI is InChI=1S/C23H27BrCl2N2O2S/c1-3-12-27-23(30)21(4-2)28(13-18-19(25)6-5-7-20(18)26)22(29)15-31-14-16-8-10-17(24)11-9-16/h5-11,21H,3-4,12-15H2,1-2H3,(H,27,30)/t21-/m1/s1. The Morgan fingerprint density at radius 1 is 1.10 bits per heavy atom. The Bertz CT molecular complexity index is 860. The van der Waals surface area contributed by atoms with E-state index in [1.807, 2.05) is 38.1 Å². The molecule has 1 N–H and O–H groups in total. The van der Waals surface area contributed by atoms with Crippen molar-refractivity contribution < 1.29 is 9.59 Å². The summed E-state index contributed by atoms with van der Waals surface area (Å²) in [5.74, 6) is 0.698. The van der Waals surface area contributed by atoms with Crippen molar-refractivity contribution in [3.8, 4) is 0 Å². The van der Waals surface area contributed by atoms with Gasteiger partial charge in [-0.3, -0.25) is 9.59 Å². The Balaban J connectivity index is 2.17. The number of thioether (sulfide) groups is 1. The van der Waals surface area contributed by atoms with Crippen LogP contribution in [-0.2, 0) is 21.9 Å².